The number of nitrogens with one attached hydrogen (secondary N) is 1. The van der Waals surface area contributed by atoms with Crippen LogP contribution in [0.5, 0.6) is 0 Å². The number of carbonyl (C=O) groups is 1. The highest BCUT2D eigenvalue weighted by atomic mass is 35.5. The van der Waals surface area contributed by atoms with Crippen molar-refractivity contribution in [2.75, 3.05) is 12.3 Å². The largest absolute Gasteiger partial charge is 0.351 e. The molecule has 1 heterocycles. The van der Waals surface area contributed by atoms with Crippen LogP contribution < -0.4 is 5.32 Å². The highest BCUT2D eigenvalue weighted by molar-refractivity contribution is 7.89. The van der Waals surface area contributed by atoms with Crippen molar-refractivity contribution < 1.29 is 13.2 Å². The maximum absolute atomic E-state index is 12.4. The summed E-state index contributed by atoms with van der Waals surface area (Å²) in [5.74, 6) is -0.124. The number of amides is 1. The van der Waals surface area contributed by atoms with Crippen molar-refractivity contribution in [3.05, 3.63) is 33.8 Å². The number of hydrogen-bond donors (Lipinski definition) is 1. The molecule has 0 saturated carbocycles. The molecule has 0 spiro atoms. The van der Waals surface area contributed by atoms with E-state index in [1.54, 1.807) is 18.2 Å². The summed E-state index contributed by atoms with van der Waals surface area (Å²) in [6.07, 6.45) is 0.315. The average molecular weight is 379 g/mol. The Hall–Kier alpha value is -0.820. The third-order valence-corrected chi connectivity index (χ3v) is 6.13. The lowest BCUT2D eigenvalue weighted by Crippen LogP contribution is -2.45. The van der Waals surface area contributed by atoms with Gasteiger partial charge >= 0.3 is 0 Å². The molecule has 128 valence electrons. The number of rotatable bonds is 5. The number of nitrogens with zero attached hydrogens (tertiary/aromatic N) is 1. The quantitative estimate of drug-likeness (QED) is 0.856. The van der Waals surface area contributed by atoms with Crippen molar-refractivity contribution in [3.8, 4) is 0 Å². The number of benzene rings is 1. The van der Waals surface area contributed by atoms with E-state index in [1.807, 2.05) is 13.8 Å². The van der Waals surface area contributed by atoms with E-state index >= 15 is 0 Å². The molecule has 1 aliphatic heterocycles. The maximum Gasteiger partial charge on any atom is 0.238 e. The zero-order chi connectivity index (χ0) is 17.2. The lowest BCUT2D eigenvalue weighted by atomic mass is 10.1. The highest BCUT2D eigenvalue weighted by Crippen LogP contribution is 2.24. The van der Waals surface area contributed by atoms with Gasteiger partial charge in [0.2, 0.25) is 15.9 Å². The monoisotopic (exact) mass is 378 g/mol. The normalized spacial score (nSPS) is 20.8. The zero-order valence-corrected chi connectivity index (χ0v) is 15.4. The van der Waals surface area contributed by atoms with Crippen LogP contribution in [0.25, 0.3) is 0 Å². The van der Waals surface area contributed by atoms with Crippen LogP contribution in [-0.2, 0) is 21.4 Å². The fraction of sp³-hybridized carbons (Fsp3) is 0.533. The van der Waals surface area contributed by atoms with Gasteiger partial charge in [-0.3, -0.25) is 4.79 Å². The molecular weight excluding hydrogens is 359 g/mol. The lowest BCUT2D eigenvalue weighted by Gasteiger charge is -2.24. The van der Waals surface area contributed by atoms with Gasteiger partial charge in [0.15, 0.2) is 0 Å². The first-order valence-corrected chi connectivity index (χ1v) is 9.78. The van der Waals surface area contributed by atoms with Crippen molar-refractivity contribution in [2.45, 2.75) is 32.9 Å². The van der Waals surface area contributed by atoms with E-state index in [0.29, 0.717) is 23.0 Å². The van der Waals surface area contributed by atoms with Gasteiger partial charge in [-0.25, -0.2) is 8.42 Å². The van der Waals surface area contributed by atoms with E-state index in [1.165, 1.54) is 4.31 Å². The van der Waals surface area contributed by atoms with Gasteiger partial charge in [0, 0.05) is 23.1 Å². The summed E-state index contributed by atoms with van der Waals surface area (Å²) in [7, 11) is -3.34. The molecule has 1 aliphatic rings. The first kappa shape index (κ1) is 18.5. The molecule has 2 rings (SSSR count). The first-order valence-electron chi connectivity index (χ1n) is 7.42. The van der Waals surface area contributed by atoms with Crippen LogP contribution in [0.4, 0.5) is 0 Å². The minimum atomic E-state index is -3.34. The fourth-order valence-corrected chi connectivity index (χ4v) is 4.89. The average Bonchev–Trinajstić information content (AvgIpc) is 2.73. The van der Waals surface area contributed by atoms with Crippen molar-refractivity contribution >= 4 is 39.1 Å². The Balaban J connectivity index is 2.05. The van der Waals surface area contributed by atoms with Gasteiger partial charge in [-0.15, -0.1) is 0 Å². The Bertz CT molecular complexity index is 692. The molecule has 1 aromatic rings. The van der Waals surface area contributed by atoms with Gasteiger partial charge in [0.25, 0.3) is 0 Å². The first-order chi connectivity index (χ1) is 10.7. The highest BCUT2D eigenvalue weighted by Gasteiger charge is 2.41. The third-order valence-electron chi connectivity index (χ3n) is 3.67. The summed E-state index contributed by atoms with van der Waals surface area (Å²) in [5.41, 5.74) is 0.737. The molecule has 1 N–H and O–H groups in total. The van der Waals surface area contributed by atoms with Crippen LogP contribution in [0, 0.1) is 5.92 Å². The van der Waals surface area contributed by atoms with E-state index < -0.39 is 16.1 Å². The van der Waals surface area contributed by atoms with Gasteiger partial charge in [-0.05, 0) is 30.0 Å². The summed E-state index contributed by atoms with van der Waals surface area (Å²) in [5, 5.41) is 3.76. The smallest absolute Gasteiger partial charge is 0.238 e. The summed E-state index contributed by atoms with van der Waals surface area (Å²) in [6, 6.07) is 4.39. The SMILES string of the molecule is CC(C)CN1[C@H](C(=O)NCc2ccc(Cl)cc2Cl)CCS1(=O)=O. The van der Waals surface area contributed by atoms with Crippen LogP contribution in [0.1, 0.15) is 25.8 Å². The summed E-state index contributed by atoms with van der Waals surface area (Å²) in [6.45, 7) is 4.44. The molecule has 0 bridgehead atoms. The number of hydrogen-bond acceptors (Lipinski definition) is 3. The summed E-state index contributed by atoms with van der Waals surface area (Å²) >= 11 is 11.9. The Morgan fingerprint density at radius 2 is 2.09 bits per heavy atom. The molecule has 1 aromatic carbocycles. The predicted molar refractivity (Wildman–Crippen MR) is 92.0 cm³/mol. The van der Waals surface area contributed by atoms with Gasteiger partial charge in [0.1, 0.15) is 6.04 Å². The molecule has 23 heavy (non-hydrogen) atoms. The summed E-state index contributed by atoms with van der Waals surface area (Å²) < 4.78 is 25.5. The number of sulfonamides is 1. The van der Waals surface area contributed by atoms with Crippen LogP contribution in [0.2, 0.25) is 10.0 Å². The number of halogens is 2. The third kappa shape index (κ3) is 4.59. The van der Waals surface area contributed by atoms with Crippen molar-refractivity contribution in [1.29, 1.82) is 0 Å². The molecule has 0 aliphatic carbocycles. The van der Waals surface area contributed by atoms with E-state index in [0.717, 1.165) is 5.56 Å². The zero-order valence-electron chi connectivity index (χ0n) is 13.1. The van der Waals surface area contributed by atoms with Crippen molar-refractivity contribution in [3.63, 3.8) is 0 Å². The second-order valence-corrected chi connectivity index (χ2v) is 8.92. The van der Waals surface area contributed by atoms with Crippen LogP contribution in [-0.4, -0.2) is 37.0 Å². The molecule has 1 atom stereocenters. The Labute approximate surface area is 147 Å². The molecule has 0 unspecified atom stereocenters. The van der Waals surface area contributed by atoms with E-state index in [-0.39, 0.29) is 24.1 Å². The van der Waals surface area contributed by atoms with Crippen LogP contribution >= 0.6 is 23.2 Å². The van der Waals surface area contributed by atoms with E-state index in [2.05, 4.69) is 5.32 Å². The second kappa shape index (κ2) is 7.38. The van der Waals surface area contributed by atoms with E-state index in [4.69, 9.17) is 23.2 Å². The lowest BCUT2D eigenvalue weighted by molar-refractivity contribution is -0.124. The van der Waals surface area contributed by atoms with Gasteiger partial charge in [-0.2, -0.15) is 4.31 Å². The van der Waals surface area contributed by atoms with Gasteiger partial charge in [0.05, 0.1) is 5.75 Å². The number of carbonyl (C=O) groups excluding carboxylic acids is 1. The predicted octanol–water partition coefficient (Wildman–Crippen LogP) is 2.67. The fourth-order valence-electron chi connectivity index (χ4n) is 2.54. The van der Waals surface area contributed by atoms with Crippen molar-refractivity contribution in [1.82, 2.24) is 9.62 Å². The molecular formula is C15H20Cl2N2O3S. The minimum Gasteiger partial charge on any atom is -0.351 e. The second-order valence-electron chi connectivity index (χ2n) is 6.04. The van der Waals surface area contributed by atoms with Gasteiger partial charge in [-0.1, -0.05) is 43.1 Å². The molecule has 1 saturated heterocycles. The molecule has 0 radical (unpaired) electrons. The molecule has 1 fully saturated rings. The topological polar surface area (TPSA) is 66.5 Å². The maximum atomic E-state index is 12.4. The molecule has 5 nitrogen and oxygen atoms in total. The van der Waals surface area contributed by atoms with Crippen LogP contribution in [0.3, 0.4) is 0 Å². The van der Waals surface area contributed by atoms with Crippen LogP contribution in [0.15, 0.2) is 18.2 Å². The Morgan fingerprint density at radius 3 is 2.70 bits per heavy atom. The molecule has 1 amide bonds. The summed E-state index contributed by atoms with van der Waals surface area (Å²) in [4.78, 5) is 12.4. The van der Waals surface area contributed by atoms with Crippen molar-refractivity contribution in [2.24, 2.45) is 5.92 Å². The molecule has 8 heteroatoms. The minimum absolute atomic E-state index is 0.0134. The van der Waals surface area contributed by atoms with E-state index in [9.17, 15) is 13.2 Å². The molecule has 0 aromatic heterocycles. The Kier molecular flexibility index (Phi) is 5.94. The standard InChI is InChI=1S/C15H20Cl2N2O3S/c1-10(2)9-19-14(5-6-23(19,21)22)15(20)18-8-11-3-4-12(16)7-13(11)17/h3-4,7,10,14H,5-6,8-9H2,1-2H3,(H,18,20)/t14-/m0/s1. The Morgan fingerprint density at radius 1 is 1.39 bits per heavy atom. The van der Waals surface area contributed by atoms with Gasteiger partial charge < -0.3 is 5.32 Å².